The Morgan fingerprint density at radius 1 is 1.05 bits per heavy atom. The molecule has 2 aliphatic rings. The number of hydrogen-bond donors (Lipinski definition) is 3. The molecule has 38 heavy (non-hydrogen) atoms. The Balaban J connectivity index is 1.32. The van der Waals surface area contributed by atoms with Crippen LogP contribution in [0.2, 0.25) is 0 Å². The van der Waals surface area contributed by atoms with Crippen LogP contribution in [0.5, 0.6) is 0 Å². The SMILES string of the molecule is CNC12CCC(c3nc(-c4ccc(C(=O)Nc5cc(C(F)(F)F)ccn5)cc4)c4c(N)nccn34)(CC1)C2. The standard InChI is InChI=1S/C27H26F3N7O/c1-32-26-9-7-25(15-26,8-10-26)24-36-20(21-22(31)34-12-13-37(21)24)16-2-4-17(5-3-16)23(38)35-19-14-18(6-11-33-19)27(28,29)30/h2-6,11-14,32H,7-10,15H2,1H3,(H2,31,34)(H,33,35,38). The Morgan fingerprint density at radius 3 is 2.45 bits per heavy atom. The topological polar surface area (TPSA) is 110 Å². The van der Waals surface area contributed by atoms with Crippen molar-refractivity contribution in [3.05, 3.63) is 71.9 Å². The molecule has 0 atom stereocenters. The van der Waals surface area contributed by atoms with Crippen molar-refractivity contribution in [1.82, 2.24) is 24.7 Å². The summed E-state index contributed by atoms with van der Waals surface area (Å²) in [4.78, 5) is 26.0. The van der Waals surface area contributed by atoms with Crippen LogP contribution < -0.4 is 16.4 Å². The van der Waals surface area contributed by atoms with E-state index in [4.69, 9.17) is 10.7 Å². The Labute approximate surface area is 216 Å². The lowest BCUT2D eigenvalue weighted by Gasteiger charge is -2.26. The number of pyridine rings is 1. The van der Waals surface area contributed by atoms with Crippen molar-refractivity contribution in [3.63, 3.8) is 0 Å². The molecule has 0 radical (unpaired) electrons. The van der Waals surface area contributed by atoms with Crippen LogP contribution in [0, 0.1) is 0 Å². The van der Waals surface area contributed by atoms with Gasteiger partial charge in [0.1, 0.15) is 28.7 Å². The Kier molecular flexibility index (Phi) is 5.46. The lowest BCUT2D eigenvalue weighted by atomic mass is 9.83. The first-order chi connectivity index (χ1) is 18.1. The number of nitrogens with one attached hydrogen (secondary N) is 2. The maximum absolute atomic E-state index is 13.0. The molecule has 11 heteroatoms. The molecule has 6 rings (SSSR count). The van der Waals surface area contributed by atoms with Crippen molar-refractivity contribution >= 4 is 23.1 Å². The highest BCUT2D eigenvalue weighted by atomic mass is 19.4. The first-order valence-electron chi connectivity index (χ1n) is 12.4. The van der Waals surface area contributed by atoms with Crippen LogP contribution in [0.3, 0.4) is 0 Å². The minimum Gasteiger partial charge on any atom is -0.382 e. The summed E-state index contributed by atoms with van der Waals surface area (Å²) in [5.74, 6) is 0.594. The van der Waals surface area contributed by atoms with Crippen molar-refractivity contribution in [3.8, 4) is 11.3 Å². The second kappa shape index (κ2) is 8.52. The first kappa shape index (κ1) is 24.4. The predicted octanol–water partition coefficient (Wildman–Crippen LogP) is 4.82. The van der Waals surface area contributed by atoms with E-state index >= 15 is 0 Å². The minimum atomic E-state index is -4.53. The highest BCUT2D eigenvalue weighted by Crippen LogP contribution is 2.57. The van der Waals surface area contributed by atoms with Crippen molar-refractivity contribution in [2.45, 2.75) is 49.2 Å². The molecular weight excluding hydrogens is 495 g/mol. The molecule has 0 saturated heterocycles. The normalized spacial score (nSPS) is 22.7. The van der Waals surface area contributed by atoms with E-state index in [2.05, 4.69) is 25.0 Å². The number of aromatic nitrogens is 4. The van der Waals surface area contributed by atoms with Crippen LogP contribution in [0.25, 0.3) is 16.8 Å². The molecule has 0 aliphatic heterocycles. The third-order valence-corrected chi connectivity index (χ3v) is 8.18. The van der Waals surface area contributed by atoms with Crippen molar-refractivity contribution in [2.75, 3.05) is 18.1 Å². The number of anilines is 2. The molecule has 4 aromatic rings. The Hall–Kier alpha value is -3.99. The Morgan fingerprint density at radius 2 is 1.79 bits per heavy atom. The van der Waals surface area contributed by atoms with Gasteiger partial charge in [-0.3, -0.25) is 9.20 Å². The molecule has 0 unspecified atom stereocenters. The average molecular weight is 522 g/mol. The smallest absolute Gasteiger partial charge is 0.382 e. The second-order valence-electron chi connectivity index (χ2n) is 10.3. The van der Waals surface area contributed by atoms with Gasteiger partial charge < -0.3 is 16.4 Å². The number of carbonyl (C=O) groups excluding carboxylic acids is 1. The quantitative estimate of drug-likeness (QED) is 0.347. The molecule has 8 nitrogen and oxygen atoms in total. The molecule has 3 heterocycles. The van der Waals surface area contributed by atoms with E-state index in [1.54, 1.807) is 30.5 Å². The largest absolute Gasteiger partial charge is 0.416 e. The summed E-state index contributed by atoms with van der Waals surface area (Å²) < 4.78 is 41.0. The number of nitrogen functional groups attached to an aromatic ring is 1. The number of hydrogen-bond acceptors (Lipinski definition) is 6. The summed E-state index contributed by atoms with van der Waals surface area (Å²) in [6.07, 6.45) is 5.34. The van der Waals surface area contributed by atoms with Crippen LogP contribution in [0.4, 0.5) is 24.8 Å². The number of amides is 1. The predicted molar refractivity (Wildman–Crippen MR) is 137 cm³/mol. The molecule has 2 saturated carbocycles. The molecule has 196 valence electrons. The molecule has 2 bridgehead atoms. The van der Waals surface area contributed by atoms with Crippen molar-refractivity contribution < 1.29 is 18.0 Å². The fraction of sp³-hybridized carbons (Fsp3) is 0.333. The lowest BCUT2D eigenvalue weighted by Crippen LogP contribution is -2.37. The monoisotopic (exact) mass is 521 g/mol. The fourth-order valence-electron chi connectivity index (χ4n) is 6.13. The molecule has 0 spiro atoms. The van der Waals surface area contributed by atoms with Gasteiger partial charge in [0.2, 0.25) is 0 Å². The van der Waals surface area contributed by atoms with E-state index in [1.807, 2.05) is 13.2 Å². The number of rotatable bonds is 5. The van der Waals surface area contributed by atoms with Crippen LogP contribution in [-0.4, -0.2) is 37.8 Å². The zero-order valence-electron chi connectivity index (χ0n) is 20.6. The van der Waals surface area contributed by atoms with Gasteiger partial charge in [-0.1, -0.05) is 12.1 Å². The van der Waals surface area contributed by atoms with E-state index in [9.17, 15) is 18.0 Å². The van der Waals surface area contributed by atoms with E-state index in [-0.39, 0.29) is 22.3 Å². The molecule has 1 aromatic carbocycles. The summed E-state index contributed by atoms with van der Waals surface area (Å²) in [6.45, 7) is 0. The summed E-state index contributed by atoms with van der Waals surface area (Å²) in [6, 6.07) is 8.37. The van der Waals surface area contributed by atoms with E-state index in [1.165, 1.54) is 0 Å². The maximum Gasteiger partial charge on any atom is 0.416 e. The Bertz CT molecular complexity index is 1540. The van der Waals surface area contributed by atoms with Crippen LogP contribution in [0.1, 0.15) is 53.8 Å². The van der Waals surface area contributed by atoms with E-state index in [0.717, 1.165) is 67.3 Å². The summed E-state index contributed by atoms with van der Waals surface area (Å²) in [7, 11) is 2.03. The van der Waals surface area contributed by atoms with E-state index < -0.39 is 17.6 Å². The third-order valence-electron chi connectivity index (χ3n) is 8.18. The van der Waals surface area contributed by atoms with Crippen molar-refractivity contribution in [1.29, 1.82) is 0 Å². The number of fused-ring (bicyclic) bond motifs is 3. The summed E-state index contributed by atoms with van der Waals surface area (Å²) >= 11 is 0. The third kappa shape index (κ3) is 3.89. The van der Waals surface area contributed by atoms with Gasteiger partial charge in [-0.25, -0.2) is 15.0 Å². The summed E-state index contributed by atoms with van der Waals surface area (Å²) in [5.41, 5.74) is 7.97. The molecule has 1 amide bonds. The number of nitrogens with zero attached hydrogens (tertiary/aromatic N) is 4. The zero-order valence-corrected chi connectivity index (χ0v) is 20.6. The number of nitrogens with two attached hydrogens (primary N) is 1. The molecule has 3 aromatic heterocycles. The van der Waals surface area contributed by atoms with Crippen LogP contribution in [0.15, 0.2) is 55.0 Å². The van der Waals surface area contributed by atoms with Gasteiger partial charge in [0.25, 0.3) is 5.91 Å². The fourth-order valence-corrected chi connectivity index (χ4v) is 6.13. The van der Waals surface area contributed by atoms with Gasteiger partial charge in [0.05, 0.1) is 5.56 Å². The number of imidazole rings is 1. The maximum atomic E-state index is 13.0. The van der Waals surface area contributed by atoms with Gasteiger partial charge in [0.15, 0.2) is 0 Å². The van der Waals surface area contributed by atoms with Gasteiger partial charge in [0, 0.05) is 40.7 Å². The summed E-state index contributed by atoms with van der Waals surface area (Å²) in [5, 5.41) is 5.96. The van der Waals surface area contributed by atoms with Gasteiger partial charge >= 0.3 is 6.18 Å². The van der Waals surface area contributed by atoms with E-state index in [0.29, 0.717) is 11.5 Å². The number of alkyl halides is 3. The zero-order chi connectivity index (χ0) is 26.7. The number of benzene rings is 1. The second-order valence-corrected chi connectivity index (χ2v) is 10.3. The van der Waals surface area contributed by atoms with Gasteiger partial charge in [-0.15, -0.1) is 0 Å². The number of halogens is 3. The van der Waals surface area contributed by atoms with Crippen molar-refractivity contribution in [2.24, 2.45) is 0 Å². The van der Waals surface area contributed by atoms with Crippen LogP contribution in [-0.2, 0) is 11.6 Å². The molecule has 2 aliphatic carbocycles. The lowest BCUT2D eigenvalue weighted by molar-refractivity contribution is -0.137. The molecular formula is C27H26F3N7O. The number of carbonyl (C=O) groups is 1. The first-order valence-corrected chi connectivity index (χ1v) is 12.4. The van der Waals surface area contributed by atoms with Gasteiger partial charge in [-0.05, 0) is 63.4 Å². The average Bonchev–Trinajstić information content (AvgIpc) is 3.60. The minimum absolute atomic E-state index is 0.0459. The molecule has 4 N–H and O–H groups in total. The molecule has 2 fully saturated rings. The highest BCUT2D eigenvalue weighted by molar-refractivity contribution is 6.04. The van der Waals surface area contributed by atoms with Gasteiger partial charge in [-0.2, -0.15) is 13.2 Å². The highest BCUT2D eigenvalue weighted by Gasteiger charge is 2.56. The van der Waals surface area contributed by atoms with Crippen LogP contribution >= 0.6 is 0 Å².